The van der Waals surface area contributed by atoms with Crippen LogP contribution in [0.15, 0.2) is 0 Å². The topological polar surface area (TPSA) is 75.6 Å². The predicted molar refractivity (Wildman–Crippen MR) is 56.6 cm³/mol. The van der Waals surface area contributed by atoms with E-state index in [-0.39, 0.29) is 18.9 Å². The van der Waals surface area contributed by atoms with Gasteiger partial charge >= 0.3 is 5.97 Å². The molecule has 2 N–H and O–H groups in total. The Balaban J connectivity index is 2.55. The van der Waals surface area contributed by atoms with Gasteiger partial charge in [-0.3, -0.25) is 9.59 Å². The van der Waals surface area contributed by atoms with Crippen molar-refractivity contribution in [2.75, 3.05) is 19.8 Å². The smallest absolute Gasteiger partial charge is 0.311 e. The lowest BCUT2D eigenvalue weighted by molar-refractivity contribution is -0.154. The molecule has 5 heteroatoms. The van der Waals surface area contributed by atoms with E-state index < -0.39 is 11.4 Å². The summed E-state index contributed by atoms with van der Waals surface area (Å²) in [6.45, 7) is 0.945. The predicted octanol–water partition coefficient (Wildman–Crippen LogP) is 0.00730. The molecule has 0 spiro atoms. The fraction of sp³-hybridized carbons (Fsp3) is 0.636. The second kappa shape index (κ2) is 5.52. The molecular weight excluding hydrogens is 210 g/mol. The van der Waals surface area contributed by atoms with Crippen LogP contribution in [0.1, 0.15) is 19.3 Å². The van der Waals surface area contributed by atoms with Crippen molar-refractivity contribution in [3.63, 3.8) is 0 Å². The van der Waals surface area contributed by atoms with Gasteiger partial charge in [0, 0.05) is 19.8 Å². The molecule has 1 aliphatic rings. The molecule has 0 unspecified atom stereocenters. The summed E-state index contributed by atoms with van der Waals surface area (Å²) in [7, 11) is 0. The van der Waals surface area contributed by atoms with E-state index in [0.717, 1.165) is 0 Å². The standard InChI is InChI=1S/C11H15NO4/c1-2-3-9(13)12-8-11(10(14)15)4-6-16-7-5-11/h1H,3-8H2,(H,12,13)(H,14,15). The molecule has 1 heterocycles. The molecule has 0 aliphatic carbocycles. The Morgan fingerprint density at radius 2 is 2.06 bits per heavy atom. The Kier molecular flexibility index (Phi) is 4.32. The number of carboxylic acid groups (broad SMARTS) is 1. The van der Waals surface area contributed by atoms with E-state index in [2.05, 4.69) is 11.2 Å². The van der Waals surface area contributed by atoms with Gasteiger partial charge in [0.15, 0.2) is 0 Å². The highest BCUT2D eigenvalue weighted by atomic mass is 16.5. The number of ether oxygens (including phenoxy) is 1. The van der Waals surface area contributed by atoms with Crippen LogP contribution in [0.5, 0.6) is 0 Å². The van der Waals surface area contributed by atoms with Crippen LogP contribution in [-0.4, -0.2) is 36.7 Å². The van der Waals surface area contributed by atoms with Crippen LogP contribution in [0.3, 0.4) is 0 Å². The number of hydrogen-bond donors (Lipinski definition) is 2. The highest BCUT2D eigenvalue weighted by molar-refractivity contribution is 5.80. The van der Waals surface area contributed by atoms with Crippen molar-refractivity contribution in [3.05, 3.63) is 0 Å². The maximum Gasteiger partial charge on any atom is 0.311 e. The Hall–Kier alpha value is -1.54. The van der Waals surface area contributed by atoms with E-state index in [1.165, 1.54) is 0 Å². The van der Waals surface area contributed by atoms with Gasteiger partial charge in [-0.2, -0.15) is 0 Å². The molecule has 0 radical (unpaired) electrons. The number of carbonyl (C=O) groups is 2. The van der Waals surface area contributed by atoms with E-state index in [1.807, 2.05) is 0 Å². The lowest BCUT2D eigenvalue weighted by Crippen LogP contribution is -2.46. The SMILES string of the molecule is C#CCC(=O)NCC1(C(=O)O)CCOCC1. The molecular formula is C11H15NO4. The Morgan fingerprint density at radius 3 is 2.56 bits per heavy atom. The Bertz CT molecular complexity index is 312. The molecule has 1 rings (SSSR count). The summed E-state index contributed by atoms with van der Waals surface area (Å²) in [4.78, 5) is 22.4. The molecule has 0 aromatic carbocycles. The minimum Gasteiger partial charge on any atom is -0.481 e. The van der Waals surface area contributed by atoms with Gasteiger partial charge in [-0.05, 0) is 12.8 Å². The molecule has 16 heavy (non-hydrogen) atoms. The highest BCUT2D eigenvalue weighted by Gasteiger charge is 2.40. The number of hydrogen-bond acceptors (Lipinski definition) is 3. The molecule has 1 amide bonds. The van der Waals surface area contributed by atoms with Gasteiger partial charge in [0.2, 0.25) is 5.91 Å². The first-order chi connectivity index (χ1) is 7.60. The van der Waals surface area contributed by atoms with Crippen LogP contribution < -0.4 is 5.32 Å². The summed E-state index contributed by atoms with van der Waals surface area (Å²) in [5.74, 6) is 1.01. The molecule has 0 bridgehead atoms. The summed E-state index contributed by atoms with van der Waals surface area (Å²) >= 11 is 0. The molecule has 88 valence electrons. The summed E-state index contributed by atoms with van der Waals surface area (Å²) in [5, 5.41) is 11.7. The van der Waals surface area contributed by atoms with Crippen LogP contribution >= 0.6 is 0 Å². The maximum atomic E-state index is 11.2. The van der Waals surface area contributed by atoms with Crippen molar-refractivity contribution in [2.45, 2.75) is 19.3 Å². The van der Waals surface area contributed by atoms with E-state index in [4.69, 9.17) is 11.2 Å². The average molecular weight is 225 g/mol. The van der Waals surface area contributed by atoms with E-state index in [1.54, 1.807) is 0 Å². The number of terminal acetylenes is 1. The lowest BCUT2D eigenvalue weighted by Gasteiger charge is -2.33. The number of rotatable bonds is 4. The third-order valence-corrected chi connectivity index (χ3v) is 2.79. The molecule has 0 saturated carbocycles. The number of amides is 1. The molecule has 1 fully saturated rings. The van der Waals surface area contributed by atoms with Crippen LogP contribution in [0.25, 0.3) is 0 Å². The van der Waals surface area contributed by atoms with Crippen molar-refractivity contribution < 1.29 is 19.4 Å². The zero-order chi connectivity index (χ0) is 12.0. The number of carbonyl (C=O) groups excluding carboxylic acids is 1. The van der Waals surface area contributed by atoms with Crippen molar-refractivity contribution in [3.8, 4) is 12.3 Å². The quantitative estimate of drug-likeness (QED) is 0.661. The van der Waals surface area contributed by atoms with Crippen molar-refractivity contribution in [1.29, 1.82) is 0 Å². The molecule has 1 saturated heterocycles. The zero-order valence-corrected chi connectivity index (χ0v) is 8.99. The van der Waals surface area contributed by atoms with Gasteiger partial charge < -0.3 is 15.2 Å². The van der Waals surface area contributed by atoms with Crippen LogP contribution in [-0.2, 0) is 14.3 Å². The molecule has 0 atom stereocenters. The van der Waals surface area contributed by atoms with E-state index in [0.29, 0.717) is 26.1 Å². The van der Waals surface area contributed by atoms with E-state index >= 15 is 0 Å². The summed E-state index contributed by atoms with van der Waals surface area (Å²) in [5.41, 5.74) is -0.900. The third kappa shape index (κ3) is 2.97. The van der Waals surface area contributed by atoms with E-state index in [9.17, 15) is 14.7 Å². The van der Waals surface area contributed by atoms with Crippen LogP contribution in [0.4, 0.5) is 0 Å². The number of carboxylic acids is 1. The maximum absolute atomic E-state index is 11.2. The monoisotopic (exact) mass is 225 g/mol. The number of nitrogens with one attached hydrogen (secondary N) is 1. The summed E-state index contributed by atoms with van der Waals surface area (Å²) < 4.78 is 5.12. The number of aliphatic carboxylic acids is 1. The fourth-order valence-corrected chi connectivity index (χ4v) is 1.65. The highest BCUT2D eigenvalue weighted by Crippen LogP contribution is 2.29. The minimum absolute atomic E-state index is 0.0216. The van der Waals surface area contributed by atoms with Gasteiger partial charge in [0.1, 0.15) is 0 Å². The first-order valence-corrected chi connectivity index (χ1v) is 5.12. The second-order valence-corrected chi connectivity index (χ2v) is 3.86. The van der Waals surface area contributed by atoms with Crippen molar-refractivity contribution in [1.82, 2.24) is 5.32 Å². The summed E-state index contributed by atoms with van der Waals surface area (Å²) in [6.07, 6.45) is 5.79. The first-order valence-electron chi connectivity index (χ1n) is 5.12. The molecule has 5 nitrogen and oxygen atoms in total. The fourth-order valence-electron chi connectivity index (χ4n) is 1.65. The van der Waals surface area contributed by atoms with Gasteiger partial charge in [0.05, 0.1) is 11.8 Å². The first kappa shape index (κ1) is 12.5. The largest absolute Gasteiger partial charge is 0.481 e. The minimum atomic E-state index is -0.900. The normalized spacial score (nSPS) is 18.4. The van der Waals surface area contributed by atoms with Gasteiger partial charge in [0.25, 0.3) is 0 Å². The van der Waals surface area contributed by atoms with Gasteiger partial charge in [-0.25, -0.2) is 0 Å². The van der Waals surface area contributed by atoms with Crippen molar-refractivity contribution >= 4 is 11.9 Å². The van der Waals surface area contributed by atoms with Crippen molar-refractivity contribution in [2.24, 2.45) is 5.41 Å². The molecule has 1 aliphatic heterocycles. The third-order valence-electron chi connectivity index (χ3n) is 2.79. The van der Waals surface area contributed by atoms with Crippen LogP contribution in [0.2, 0.25) is 0 Å². The molecule has 0 aromatic rings. The van der Waals surface area contributed by atoms with Crippen LogP contribution in [0, 0.1) is 17.8 Å². The zero-order valence-electron chi connectivity index (χ0n) is 8.99. The van der Waals surface area contributed by atoms with Gasteiger partial charge in [-0.1, -0.05) is 5.92 Å². The van der Waals surface area contributed by atoms with Gasteiger partial charge in [-0.15, -0.1) is 6.42 Å². The average Bonchev–Trinajstić information content (AvgIpc) is 2.28. The Labute approximate surface area is 94.2 Å². The lowest BCUT2D eigenvalue weighted by atomic mass is 9.80. The summed E-state index contributed by atoms with van der Waals surface area (Å²) in [6, 6.07) is 0. The Morgan fingerprint density at radius 1 is 1.44 bits per heavy atom. The second-order valence-electron chi connectivity index (χ2n) is 3.86. The molecule has 0 aromatic heterocycles.